The Morgan fingerprint density at radius 3 is 2.13 bits per heavy atom. The number of hydrogen-bond acceptors (Lipinski definition) is 6. The fraction of sp³-hybridized carbons (Fsp3) is 0.188. The van der Waals surface area contributed by atoms with Gasteiger partial charge in [0.1, 0.15) is 17.2 Å². The molecule has 23 heavy (non-hydrogen) atoms. The van der Waals surface area contributed by atoms with Crippen LogP contribution in [-0.2, 0) is 9.09 Å². The molecule has 2 rings (SSSR count). The lowest BCUT2D eigenvalue weighted by atomic mass is 10.3. The summed E-state index contributed by atoms with van der Waals surface area (Å²) in [5.41, 5.74) is -1.07. The Hall–Kier alpha value is -2.30. The minimum Gasteiger partial charge on any atom is -0.497 e. The van der Waals surface area contributed by atoms with Crippen molar-refractivity contribution in [2.45, 2.75) is 6.92 Å². The molecule has 0 heterocycles. The van der Waals surface area contributed by atoms with Gasteiger partial charge in [0.05, 0.1) is 13.7 Å². The first-order chi connectivity index (χ1) is 11.1. The number of methoxy groups -OCH3 is 1. The molecule has 0 fully saturated rings. The average molecular weight is 336 g/mol. The average Bonchev–Trinajstić information content (AvgIpc) is 2.56. The molecule has 0 radical (unpaired) electrons. The van der Waals surface area contributed by atoms with E-state index < -0.39 is 13.3 Å². The van der Waals surface area contributed by atoms with Crippen molar-refractivity contribution in [3.05, 3.63) is 54.6 Å². The standard InChI is InChI=1S/C16H17O6P/c1-3-20-23(18,16(17)21-14-7-5-4-6-8-14)22-15-11-9-13(19-2)10-12-15/h4-12H,3H2,1-2H3. The van der Waals surface area contributed by atoms with E-state index in [4.69, 9.17) is 18.5 Å². The highest BCUT2D eigenvalue weighted by Gasteiger charge is 2.39. The number of para-hydroxylation sites is 1. The summed E-state index contributed by atoms with van der Waals surface area (Å²) in [6.45, 7) is 1.65. The lowest BCUT2D eigenvalue weighted by Gasteiger charge is -2.17. The minimum absolute atomic E-state index is 0.0390. The van der Waals surface area contributed by atoms with Gasteiger partial charge in [-0.1, -0.05) is 18.2 Å². The summed E-state index contributed by atoms with van der Waals surface area (Å²) in [6.07, 6.45) is 0. The van der Waals surface area contributed by atoms with E-state index in [2.05, 4.69) is 0 Å². The maximum atomic E-state index is 12.7. The fourth-order valence-corrected chi connectivity index (χ4v) is 2.90. The molecule has 0 spiro atoms. The summed E-state index contributed by atoms with van der Waals surface area (Å²) in [5, 5.41) is 0. The predicted molar refractivity (Wildman–Crippen MR) is 85.3 cm³/mol. The maximum absolute atomic E-state index is 12.7. The first-order valence-corrected chi connectivity index (χ1v) is 8.47. The summed E-state index contributed by atoms with van der Waals surface area (Å²) in [5.74, 6) is 1.08. The van der Waals surface area contributed by atoms with E-state index in [1.54, 1.807) is 49.4 Å². The van der Waals surface area contributed by atoms with Gasteiger partial charge in [-0.05, 0) is 43.3 Å². The summed E-state index contributed by atoms with van der Waals surface area (Å²) < 4.78 is 33.1. The number of benzene rings is 2. The molecule has 0 aromatic heterocycles. The summed E-state index contributed by atoms with van der Waals surface area (Å²) in [4.78, 5) is 12.2. The number of carbonyl (C=O) groups excluding carboxylic acids is 1. The van der Waals surface area contributed by atoms with Gasteiger partial charge >= 0.3 is 13.3 Å². The Balaban J connectivity index is 2.16. The van der Waals surface area contributed by atoms with Gasteiger partial charge in [0, 0.05) is 0 Å². The van der Waals surface area contributed by atoms with Crippen LogP contribution in [0.3, 0.4) is 0 Å². The van der Waals surface area contributed by atoms with Crippen molar-refractivity contribution in [3.63, 3.8) is 0 Å². The van der Waals surface area contributed by atoms with Crippen molar-refractivity contribution in [1.29, 1.82) is 0 Å². The van der Waals surface area contributed by atoms with Crippen LogP contribution in [0, 0.1) is 0 Å². The lowest BCUT2D eigenvalue weighted by molar-refractivity contribution is 0.205. The smallest absolute Gasteiger partial charge is 0.488 e. The molecule has 1 unspecified atom stereocenters. The molecule has 0 aliphatic rings. The van der Waals surface area contributed by atoms with Gasteiger partial charge in [-0.3, -0.25) is 4.52 Å². The Morgan fingerprint density at radius 1 is 0.957 bits per heavy atom. The molecule has 7 heteroatoms. The number of hydrogen-bond donors (Lipinski definition) is 0. The second-order valence-corrected chi connectivity index (χ2v) is 6.16. The van der Waals surface area contributed by atoms with Crippen molar-refractivity contribution in [3.8, 4) is 17.2 Å². The topological polar surface area (TPSA) is 71.1 Å². The zero-order chi connectivity index (χ0) is 16.7. The van der Waals surface area contributed by atoms with Crippen molar-refractivity contribution >= 4 is 13.3 Å². The molecule has 0 N–H and O–H groups in total. The zero-order valence-corrected chi connectivity index (χ0v) is 13.7. The molecule has 0 saturated carbocycles. The van der Waals surface area contributed by atoms with E-state index in [-0.39, 0.29) is 18.1 Å². The molecule has 0 bridgehead atoms. The third-order valence-electron chi connectivity index (χ3n) is 2.76. The van der Waals surface area contributed by atoms with Crippen LogP contribution in [0.15, 0.2) is 54.6 Å². The van der Waals surface area contributed by atoms with Gasteiger partial charge in [-0.15, -0.1) is 0 Å². The molecule has 122 valence electrons. The Bertz CT molecular complexity index is 683. The number of rotatable bonds is 7. The highest BCUT2D eigenvalue weighted by Crippen LogP contribution is 2.50. The van der Waals surface area contributed by atoms with Gasteiger partial charge in [-0.25, -0.2) is 9.36 Å². The van der Waals surface area contributed by atoms with Crippen molar-refractivity contribution in [2.24, 2.45) is 0 Å². The maximum Gasteiger partial charge on any atom is 0.488 e. The fourth-order valence-electron chi connectivity index (χ4n) is 1.71. The summed E-state index contributed by atoms with van der Waals surface area (Å²) in [7, 11) is -2.60. The van der Waals surface area contributed by atoms with Crippen LogP contribution in [0.25, 0.3) is 0 Å². The predicted octanol–water partition coefficient (Wildman–Crippen LogP) is 4.50. The quantitative estimate of drug-likeness (QED) is 0.693. The van der Waals surface area contributed by atoms with Gasteiger partial charge in [-0.2, -0.15) is 0 Å². The van der Waals surface area contributed by atoms with Crippen LogP contribution in [0.1, 0.15) is 6.92 Å². The lowest BCUT2D eigenvalue weighted by Crippen LogP contribution is -2.13. The molecule has 2 aromatic rings. The van der Waals surface area contributed by atoms with Crippen molar-refractivity contribution < 1.29 is 27.9 Å². The van der Waals surface area contributed by atoms with E-state index in [1.165, 1.54) is 19.2 Å². The highest BCUT2D eigenvalue weighted by molar-refractivity contribution is 7.71. The second kappa shape index (κ2) is 7.81. The van der Waals surface area contributed by atoms with Crippen LogP contribution in [0.4, 0.5) is 4.79 Å². The van der Waals surface area contributed by atoms with Crippen molar-refractivity contribution in [1.82, 2.24) is 0 Å². The SMILES string of the molecule is CCOP(=O)(Oc1ccc(OC)cc1)C(=O)Oc1ccccc1. The van der Waals surface area contributed by atoms with Crippen LogP contribution in [0.2, 0.25) is 0 Å². The Kier molecular flexibility index (Phi) is 5.79. The molecule has 0 aliphatic carbocycles. The molecule has 6 nitrogen and oxygen atoms in total. The van der Waals surface area contributed by atoms with Crippen LogP contribution < -0.4 is 14.0 Å². The van der Waals surface area contributed by atoms with Gasteiger partial charge in [0.15, 0.2) is 0 Å². The first-order valence-electron chi connectivity index (χ1n) is 6.93. The Labute approximate surface area is 134 Å². The first kappa shape index (κ1) is 17.1. The van der Waals surface area contributed by atoms with Crippen LogP contribution in [-0.4, -0.2) is 19.4 Å². The molecule has 0 saturated heterocycles. The van der Waals surface area contributed by atoms with E-state index in [0.717, 1.165) is 0 Å². The van der Waals surface area contributed by atoms with Crippen LogP contribution in [0.5, 0.6) is 17.2 Å². The minimum atomic E-state index is -4.12. The third kappa shape index (κ3) is 4.58. The largest absolute Gasteiger partial charge is 0.497 e. The molecular weight excluding hydrogens is 319 g/mol. The van der Waals surface area contributed by atoms with E-state index in [0.29, 0.717) is 5.75 Å². The molecule has 1 atom stereocenters. The molecule has 2 aromatic carbocycles. The highest BCUT2D eigenvalue weighted by atomic mass is 31.2. The van der Waals surface area contributed by atoms with Crippen molar-refractivity contribution in [2.75, 3.05) is 13.7 Å². The number of carbonyl (C=O) groups is 1. The number of ether oxygens (including phenoxy) is 2. The van der Waals surface area contributed by atoms with E-state index in [1.807, 2.05) is 0 Å². The Morgan fingerprint density at radius 2 is 1.57 bits per heavy atom. The molecule has 0 aliphatic heterocycles. The molecular formula is C16H17O6P. The third-order valence-corrected chi connectivity index (χ3v) is 4.34. The van der Waals surface area contributed by atoms with E-state index >= 15 is 0 Å². The zero-order valence-electron chi connectivity index (χ0n) is 12.8. The van der Waals surface area contributed by atoms with Gasteiger partial charge < -0.3 is 14.0 Å². The second-order valence-electron chi connectivity index (χ2n) is 4.36. The van der Waals surface area contributed by atoms with Gasteiger partial charge in [0.25, 0.3) is 0 Å². The van der Waals surface area contributed by atoms with Gasteiger partial charge in [0.2, 0.25) is 0 Å². The van der Waals surface area contributed by atoms with Crippen LogP contribution >= 0.6 is 7.60 Å². The summed E-state index contributed by atoms with van der Waals surface area (Å²) >= 11 is 0. The van der Waals surface area contributed by atoms with E-state index in [9.17, 15) is 9.36 Å². The summed E-state index contributed by atoms with van der Waals surface area (Å²) in [6, 6.07) is 14.6. The monoisotopic (exact) mass is 336 g/mol. The molecule has 0 amide bonds. The normalized spacial score (nSPS) is 13.0.